The maximum atomic E-state index is 13.3. The molecule has 0 bridgehead atoms. The Hall–Kier alpha value is -2.88. The minimum absolute atomic E-state index is 0.0413. The van der Waals surface area contributed by atoms with E-state index in [1.165, 1.54) is 0 Å². The molecule has 1 aliphatic carbocycles. The summed E-state index contributed by atoms with van der Waals surface area (Å²) in [4.78, 5) is 31.1. The van der Waals surface area contributed by atoms with Crippen LogP contribution in [0.5, 0.6) is 0 Å². The Morgan fingerprint density at radius 3 is 2.63 bits per heavy atom. The van der Waals surface area contributed by atoms with E-state index in [-0.39, 0.29) is 17.7 Å². The van der Waals surface area contributed by atoms with E-state index in [9.17, 15) is 9.59 Å². The first-order chi connectivity index (χ1) is 13.2. The van der Waals surface area contributed by atoms with Gasteiger partial charge in [-0.15, -0.1) is 0 Å². The summed E-state index contributed by atoms with van der Waals surface area (Å²) in [7, 11) is 0. The second kappa shape index (κ2) is 7.39. The fourth-order valence-electron chi connectivity index (χ4n) is 4.05. The topological polar surface area (TPSA) is 53.2 Å². The van der Waals surface area contributed by atoms with Crippen LogP contribution in [-0.2, 0) is 0 Å². The number of hydrogen-bond acceptors (Lipinski definition) is 2. The molecule has 2 aromatic carbocycles. The van der Waals surface area contributed by atoms with Gasteiger partial charge < -0.3 is 9.88 Å². The van der Waals surface area contributed by atoms with Gasteiger partial charge in [0.25, 0.3) is 5.91 Å². The number of hydrogen-bond donors (Lipinski definition) is 1. The van der Waals surface area contributed by atoms with Gasteiger partial charge in [0.2, 0.25) is 0 Å². The molecule has 0 spiro atoms. The summed E-state index contributed by atoms with van der Waals surface area (Å²) in [5.41, 5.74) is 3.33. The molecular formula is C23H24N2O2. The third kappa shape index (κ3) is 3.16. The normalized spacial score (nSPS) is 16.3. The van der Waals surface area contributed by atoms with Crippen LogP contribution < -0.4 is 0 Å². The predicted molar refractivity (Wildman–Crippen MR) is 107 cm³/mol. The number of para-hydroxylation sites is 1. The Balaban J connectivity index is 1.80. The van der Waals surface area contributed by atoms with Crippen molar-refractivity contribution < 1.29 is 9.59 Å². The molecule has 0 fully saturated rings. The summed E-state index contributed by atoms with van der Waals surface area (Å²) in [6, 6.07) is 17.4. The maximum absolute atomic E-state index is 13.3. The summed E-state index contributed by atoms with van der Waals surface area (Å²) in [6.07, 6.45) is 3.11. The van der Waals surface area contributed by atoms with E-state index in [1.807, 2.05) is 59.5 Å². The number of carbonyl (C=O) groups is 2. The van der Waals surface area contributed by atoms with Crippen molar-refractivity contribution in [1.29, 1.82) is 0 Å². The molecule has 138 valence electrons. The minimum Gasteiger partial charge on any atom is -0.352 e. The smallest absolute Gasteiger partial charge is 0.254 e. The van der Waals surface area contributed by atoms with Crippen molar-refractivity contribution >= 4 is 22.6 Å². The SMILES string of the molecule is CCCCN(C(=O)c1ccccc1)[C@@H]1CCC(=O)c2[nH]c3ccccc3c21. The fourth-order valence-corrected chi connectivity index (χ4v) is 4.05. The lowest BCUT2D eigenvalue weighted by atomic mass is 9.88. The van der Waals surface area contributed by atoms with Crippen LogP contribution in [0.1, 0.15) is 65.1 Å². The summed E-state index contributed by atoms with van der Waals surface area (Å²) >= 11 is 0. The minimum atomic E-state index is -0.0758. The number of rotatable bonds is 5. The number of carbonyl (C=O) groups excluding carboxylic acids is 2. The number of fused-ring (bicyclic) bond motifs is 3. The molecule has 1 N–H and O–H groups in total. The van der Waals surface area contributed by atoms with E-state index in [1.54, 1.807) is 0 Å². The van der Waals surface area contributed by atoms with Crippen molar-refractivity contribution in [2.45, 2.75) is 38.6 Å². The number of amides is 1. The Morgan fingerprint density at radius 2 is 1.85 bits per heavy atom. The molecule has 0 unspecified atom stereocenters. The molecule has 1 aliphatic rings. The van der Waals surface area contributed by atoms with Gasteiger partial charge in [-0.1, -0.05) is 49.7 Å². The molecule has 0 radical (unpaired) electrons. The lowest BCUT2D eigenvalue weighted by Gasteiger charge is -2.34. The Bertz CT molecular complexity index is 974. The Morgan fingerprint density at radius 1 is 1.11 bits per heavy atom. The second-order valence-corrected chi connectivity index (χ2v) is 7.16. The molecule has 4 rings (SSSR count). The summed E-state index contributed by atoms with van der Waals surface area (Å²) in [5, 5.41) is 1.05. The van der Waals surface area contributed by atoms with Gasteiger partial charge in [-0.25, -0.2) is 0 Å². The fraction of sp³-hybridized carbons (Fsp3) is 0.304. The van der Waals surface area contributed by atoms with Crippen LogP contribution in [0.3, 0.4) is 0 Å². The number of nitrogens with one attached hydrogen (secondary N) is 1. The van der Waals surface area contributed by atoms with Gasteiger partial charge in [0, 0.05) is 35.0 Å². The average Bonchev–Trinajstić information content (AvgIpc) is 3.11. The van der Waals surface area contributed by atoms with E-state index in [2.05, 4.69) is 11.9 Å². The van der Waals surface area contributed by atoms with E-state index in [0.29, 0.717) is 30.6 Å². The molecule has 1 amide bonds. The zero-order chi connectivity index (χ0) is 18.8. The summed E-state index contributed by atoms with van der Waals surface area (Å²) < 4.78 is 0. The average molecular weight is 360 g/mol. The van der Waals surface area contributed by atoms with Crippen molar-refractivity contribution in [3.8, 4) is 0 Å². The Kier molecular flexibility index (Phi) is 4.80. The van der Waals surface area contributed by atoms with E-state index < -0.39 is 0 Å². The highest BCUT2D eigenvalue weighted by atomic mass is 16.2. The van der Waals surface area contributed by atoms with Crippen molar-refractivity contribution in [2.24, 2.45) is 0 Å². The highest BCUT2D eigenvalue weighted by Crippen LogP contribution is 2.39. The van der Waals surface area contributed by atoms with Gasteiger partial charge in [0.1, 0.15) is 0 Å². The highest BCUT2D eigenvalue weighted by molar-refractivity contribution is 6.04. The largest absolute Gasteiger partial charge is 0.352 e. The number of ketones is 1. The number of aromatic nitrogens is 1. The van der Waals surface area contributed by atoms with Crippen molar-refractivity contribution in [3.05, 3.63) is 71.4 Å². The van der Waals surface area contributed by atoms with Crippen LogP contribution in [-0.4, -0.2) is 28.1 Å². The summed E-state index contributed by atoms with van der Waals surface area (Å²) in [6.45, 7) is 2.83. The van der Waals surface area contributed by atoms with Crippen LogP contribution in [0.2, 0.25) is 0 Å². The Labute approximate surface area is 159 Å². The number of H-pyrrole nitrogens is 1. The molecular weight excluding hydrogens is 336 g/mol. The molecule has 1 atom stereocenters. The van der Waals surface area contributed by atoms with Gasteiger partial charge in [-0.3, -0.25) is 9.59 Å². The molecule has 3 aromatic rings. The van der Waals surface area contributed by atoms with Gasteiger partial charge in [-0.2, -0.15) is 0 Å². The molecule has 1 heterocycles. The standard InChI is InChI=1S/C23H24N2O2/c1-2-3-15-25(23(27)16-9-5-4-6-10-16)19-13-14-20(26)22-21(19)17-11-7-8-12-18(17)24-22/h4-12,19,24H,2-3,13-15H2,1H3/t19-/m1/s1. The van der Waals surface area contributed by atoms with Crippen LogP contribution in [0, 0.1) is 0 Å². The molecule has 1 aromatic heterocycles. The van der Waals surface area contributed by atoms with Crippen molar-refractivity contribution in [2.75, 3.05) is 6.54 Å². The van der Waals surface area contributed by atoms with Crippen molar-refractivity contribution in [3.63, 3.8) is 0 Å². The first kappa shape index (κ1) is 17.5. The zero-order valence-corrected chi connectivity index (χ0v) is 15.6. The van der Waals surface area contributed by atoms with Crippen LogP contribution >= 0.6 is 0 Å². The zero-order valence-electron chi connectivity index (χ0n) is 15.6. The first-order valence-electron chi connectivity index (χ1n) is 9.70. The lowest BCUT2D eigenvalue weighted by Crippen LogP contribution is -2.38. The van der Waals surface area contributed by atoms with Gasteiger partial charge in [-0.05, 0) is 31.0 Å². The number of nitrogens with zero attached hydrogens (tertiary/aromatic N) is 1. The van der Waals surface area contributed by atoms with Gasteiger partial charge in [0.05, 0.1) is 11.7 Å². The van der Waals surface area contributed by atoms with Crippen LogP contribution in [0.25, 0.3) is 10.9 Å². The van der Waals surface area contributed by atoms with E-state index in [0.717, 1.165) is 29.3 Å². The first-order valence-corrected chi connectivity index (χ1v) is 9.70. The third-order valence-electron chi connectivity index (χ3n) is 5.41. The number of aromatic amines is 1. The monoisotopic (exact) mass is 360 g/mol. The van der Waals surface area contributed by atoms with Crippen LogP contribution in [0.4, 0.5) is 0 Å². The maximum Gasteiger partial charge on any atom is 0.254 e. The second-order valence-electron chi connectivity index (χ2n) is 7.16. The molecule has 4 heteroatoms. The number of Topliss-reactive ketones (excluding diaryl/α,β-unsaturated/α-hetero) is 1. The lowest BCUT2D eigenvalue weighted by molar-refractivity contribution is 0.0640. The quantitative estimate of drug-likeness (QED) is 0.686. The molecule has 0 saturated carbocycles. The van der Waals surface area contributed by atoms with E-state index in [4.69, 9.17) is 0 Å². The van der Waals surface area contributed by atoms with E-state index >= 15 is 0 Å². The van der Waals surface area contributed by atoms with Gasteiger partial charge >= 0.3 is 0 Å². The number of benzene rings is 2. The number of unbranched alkanes of at least 4 members (excludes halogenated alkanes) is 1. The van der Waals surface area contributed by atoms with Gasteiger partial charge in [0.15, 0.2) is 5.78 Å². The molecule has 0 aliphatic heterocycles. The predicted octanol–water partition coefficient (Wildman–Crippen LogP) is 5.13. The van der Waals surface area contributed by atoms with Crippen LogP contribution in [0.15, 0.2) is 54.6 Å². The van der Waals surface area contributed by atoms with Crippen molar-refractivity contribution in [1.82, 2.24) is 9.88 Å². The summed E-state index contributed by atoms with van der Waals surface area (Å²) in [5.74, 6) is 0.180. The molecule has 0 saturated heterocycles. The highest BCUT2D eigenvalue weighted by Gasteiger charge is 2.35. The molecule has 27 heavy (non-hydrogen) atoms. The third-order valence-corrected chi connectivity index (χ3v) is 5.41. The molecule has 4 nitrogen and oxygen atoms in total.